The van der Waals surface area contributed by atoms with Gasteiger partial charge in [0.2, 0.25) is 0 Å². The monoisotopic (exact) mass is 363 g/mol. The molecule has 1 aliphatic rings. The van der Waals surface area contributed by atoms with Crippen LogP contribution in [0.15, 0.2) is 18.2 Å². The number of carbonyl (C=O) groups excluding carboxylic acids is 2. The third-order valence-corrected chi connectivity index (χ3v) is 4.44. The number of rotatable bonds is 5. The molecular weight excluding hydrogens is 338 g/mol. The molecule has 0 saturated carbocycles. The molecule has 0 bridgehead atoms. The second-order valence-corrected chi connectivity index (χ2v) is 7.18. The minimum absolute atomic E-state index is 0.0514. The number of nitro groups is 1. The predicted octanol–water partition coefficient (Wildman–Crippen LogP) is 2.32. The first-order valence-corrected chi connectivity index (χ1v) is 8.59. The molecule has 8 heteroatoms. The molecule has 0 spiro atoms. The van der Waals surface area contributed by atoms with Gasteiger partial charge in [-0.2, -0.15) is 0 Å². The first-order chi connectivity index (χ1) is 12.2. The molecule has 2 rings (SSSR count). The van der Waals surface area contributed by atoms with Gasteiger partial charge in [-0.3, -0.25) is 14.9 Å². The zero-order valence-corrected chi connectivity index (χ0v) is 15.6. The fourth-order valence-corrected chi connectivity index (χ4v) is 3.34. The van der Waals surface area contributed by atoms with E-state index >= 15 is 0 Å². The van der Waals surface area contributed by atoms with Gasteiger partial charge in [0, 0.05) is 33.3 Å². The number of anilines is 1. The zero-order valence-electron chi connectivity index (χ0n) is 15.6. The van der Waals surface area contributed by atoms with E-state index in [0.29, 0.717) is 30.6 Å². The van der Waals surface area contributed by atoms with Gasteiger partial charge in [-0.15, -0.1) is 0 Å². The molecule has 1 aromatic rings. The van der Waals surface area contributed by atoms with Crippen LogP contribution in [-0.2, 0) is 9.53 Å². The van der Waals surface area contributed by atoms with Crippen LogP contribution < -0.4 is 4.90 Å². The first kappa shape index (κ1) is 19.7. The number of hydrogen-bond acceptors (Lipinski definition) is 6. The Balaban J connectivity index is 2.02. The SMILES string of the molecule is C[C@@H]1C[C@H](C)CN(C(=O)COC(=O)c2ccc(N(C)C)c([N+](=O)[O-])c2)C1. The molecule has 1 fully saturated rings. The molecule has 26 heavy (non-hydrogen) atoms. The molecule has 2 atom stereocenters. The van der Waals surface area contributed by atoms with Crippen molar-refractivity contribution >= 4 is 23.3 Å². The Labute approximate surface area is 152 Å². The average Bonchev–Trinajstić information content (AvgIpc) is 2.57. The average molecular weight is 363 g/mol. The van der Waals surface area contributed by atoms with Gasteiger partial charge in [-0.1, -0.05) is 13.8 Å². The van der Waals surface area contributed by atoms with Crippen molar-refractivity contribution in [3.63, 3.8) is 0 Å². The molecule has 8 nitrogen and oxygen atoms in total. The van der Waals surface area contributed by atoms with Crippen LogP contribution >= 0.6 is 0 Å². The molecular formula is C18H25N3O5. The minimum Gasteiger partial charge on any atom is -0.452 e. The van der Waals surface area contributed by atoms with E-state index in [-0.39, 0.29) is 23.8 Å². The van der Waals surface area contributed by atoms with Gasteiger partial charge >= 0.3 is 5.97 Å². The standard InChI is InChI=1S/C18H25N3O5/c1-12-7-13(2)10-20(9-12)17(22)11-26-18(23)14-5-6-15(19(3)4)16(8-14)21(24)25/h5-6,8,12-13H,7,9-11H2,1-4H3/t12-,13+. The number of piperidine rings is 1. The summed E-state index contributed by atoms with van der Waals surface area (Å²) < 4.78 is 5.08. The van der Waals surface area contributed by atoms with E-state index < -0.39 is 10.9 Å². The van der Waals surface area contributed by atoms with E-state index in [1.807, 2.05) is 0 Å². The van der Waals surface area contributed by atoms with Gasteiger partial charge in [0.05, 0.1) is 10.5 Å². The lowest BCUT2D eigenvalue weighted by Crippen LogP contribution is -2.44. The molecule has 0 aromatic heterocycles. The molecule has 0 aliphatic carbocycles. The molecule has 0 radical (unpaired) electrons. The molecule has 0 unspecified atom stereocenters. The molecule has 1 aromatic carbocycles. The van der Waals surface area contributed by atoms with Crippen molar-refractivity contribution in [3.8, 4) is 0 Å². The lowest BCUT2D eigenvalue weighted by Gasteiger charge is -2.34. The van der Waals surface area contributed by atoms with E-state index in [2.05, 4.69) is 13.8 Å². The summed E-state index contributed by atoms with van der Waals surface area (Å²) in [7, 11) is 3.36. The van der Waals surface area contributed by atoms with Crippen molar-refractivity contribution < 1.29 is 19.2 Å². The van der Waals surface area contributed by atoms with Crippen molar-refractivity contribution in [2.24, 2.45) is 11.8 Å². The van der Waals surface area contributed by atoms with Crippen LogP contribution in [-0.4, -0.2) is 55.5 Å². The van der Waals surface area contributed by atoms with Gasteiger partial charge in [0.1, 0.15) is 5.69 Å². The fourth-order valence-electron chi connectivity index (χ4n) is 3.34. The number of benzene rings is 1. The largest absolute Gasteiger partial charge is 0.452 e. The quantitative estimate of drug-likeness (QED) is 0.453. The fraction of sp³-hybridized carbons (Fsp3) is 0.556. The maximum absolute atomic E-state index is 12.3. The Morgan fingerprint density at radius 1 is 1.27 bits per heavy atom. The summed E-state index contributed by atoms with van der Waals surface area (Å²) in [5, 5.41) is 11.2. The summed E-state index contributed by atoms with van der Waals surface area (Å²) in [5.74, 6) is -0.153. The number of nitro benzene ring substituents is 1. The second kappa shape index (κ2) is 8.16. The molecule has 1 aliphatic heterocycles. The predicted molar refractivity (Wildman–Crippen MR) is 97.2 cm³/mol. The highest BCUT2D eigenvalue weighted by Crippen LogP contribution is 2.28. The Hall–Kier alpha value is -2.64. The number of carbonyl (C=O) groups is 2. The van der Waals surface area contributed by atoms with Crippen molar-refractivity contribution in [2.75, 3.05) is 38.7 Å². The van der Waals surface area contributed by atoms with Gasteiger partial charge in [-0.05, 0) is 30.4 Å². The van der Waals surface area contributed by atoms with E-state index in [4.69, 9.17) is 4.74 Å². The van der Waals surface area contributed by atoms with Crippen molar-refractivity contribution in [2.45, 2.75) is 20.3 Å². The summed E-state index contributed by atoms with van der Waals surface area (Å²) in [4.78, 5) is 38.4. The summed E-state index contributed by atoms with van der Waals surface area (Å²) in [6.07, 6.45) is 1.07. The van der Waals surface area contributed by atoms with Crippen LogP contribution in [0.4, 0.5) is 11.4 Å². The van der Waals surface area contributed by atoms with Crippen molar-refractivity contribution in [3.05, 3.63) is 33.9 Å². The van der Waals surface area contributed by atoms with Crippen LogP contribution in [0.5, 0.6) is 0 Å². The second-order valence-electron chi connectivity index (χ2n) is 7.18. The third kappa shape index (κ3) is 4.71. The van der Waals surface area contributed by atoms with Gasteiger partial charge in [0.25, 0.3) is 11.6 Å². The van der Waals surface area contributed by atoms with Crippen molar-refractivity contribution in [1.29, 1.82) is 0 Å². The Morgan fingerprint density at radius 2 is 1.88 bits per heavy atom. The summed E-state index contributed by atoms with van der Waals surface area (Å²) in [5.41, 5.74) is 0.254. The van der Waals surface area contributed by atoms with Crippen molar-refractivity contribution in [1.82, 2.24) is 4.90 Å². The van der Waals surface area contributed by atoms with Gasteiger partial charge in [0.15, 0.2) is 6.61 Å². The highest BCUT2D eigenvalue weighted by atomic mass is 16.6. The van der Waals surface area contributed by atoms with Gasteiger partial charge < -0.3 is 14.5 Å². The topological polar surface area (TPSA) is 93.0 Å². The Kier molecular flexibility index (Phi) is 6.18. The summed E-state index contributed by atoms with van der Waals surface area (Å²) in [6.45, 7) is 5.13. The number of amides is 1. The number of esters is 1. The normalized spacial score (nSPS) is 19.8. The van der Waals surface area contributed by atoms with E-state index in [9.17, 15) is 19.7 Å². The highest BCUT2D eigenvalue weighted by molar-refractivity contribution is 5.93. The third-order valence-electron chi connectivity index (χ3n) is 4.44. The summed E-state index contributed by atoms with van der Waals surface area (Å²) >= 11 is 0. The highest BCUT2D eigenvalue weighted by Gasteiger charge is 2.26. The molecule has 1 saturated heterocycles. The Morgan fingerprint density at radius 3 is 2.42 bits per heavy atom. The van der Waals surface area contributed by atoms with E-state index in [0.717, 1.165) is 6.42 Å². The first-order valence-electron chi connectivity index (χ1n) is 8.59. The maximum Gasteiger partial charge on any atom is 0.338 e. The lowest BCUT2D eigenvalue weighted by atomic mass is 9.92. The molecule has 1 heterocycles. The number of nitrogens with zero attached hydrogens (tertiary/aromatic N) is 3. The van der Waals surface area contributed by atoms with Crippen LogP contribution in [0.3, 0.4) is 0 Å². The molecule has 0 N–H and O–H groups in total. The smallest absolute Gasteiger partial charge is 0.338 e. The minimum atomic E-state index is -0.745. The number of likely N-dealkylation sites (tertiary alicyclic amines) is 1. The van der Waals surface area contributed by atoms with Gasteiger partial charge in [-0.25, -0.2) is 4.79 Å². The maximum atomic E-state index is 12.3. The number of ether oxygens (including phenoxy) is 1. The lowest BCUT2D eigenvalue weighted by molar-refractivity contribution is -0.384. The van der Waals surface area contributed by atoms with Crippen LogP contribution in [0.25, 0.3) is 0 Å². The van der Waals surface area contributed by atoms with Crippen LogP contribution in [0.1, 0.15) is 30.6 Å². The zero-order chi connectivity index (χ0) is 19.4. The van der Waals surface area contributed by atoms with Crippen LogP contribution in [0.2, 0.25) is 0 Å². The summed E-state index contributed by atoms with van der Waals surface area (Å²) in [6, 6.07) is 4.12. The van der Waals surface area contributed by atoms with Crippen LogP contribution in [0, 0.1) is 22.0 Å². The number of hydrogen-bond donors (Lipinski definition) is 0. The molecule has 1 amide bonds. The molecule has 142 valence electrons. The Bertz CT molecular complexity index is 694. The van der Waals surface area contributed by atoms with E-state index in [1.54, 1.807) is 23.9 Å². The van der Waals surface area contributed by atoms with E-state index in [1.165, 1.54) is 18.2 Å².